The van der Waals surface area contributed by atoms with E-state index in [1.54, 1.807) is 7.05 Å². The second kappa shape index (κ2) is 7.45. The Labute approximate surface area is 144 Å². The van der Waals surface area contributed by atoms with Crippen LogP contribution in [0.2, 0.25) is 0 Å². The Morgan fingerprint density at radius 1 is 1.46 bits per heavy atom. The van der Waals surface area contributed by atoms with Gasteiger partial charge in [0.15, 0.2) is 12.3 Å². The van der Waals surface area contributed by atoms with Crippen LogP contribution in [0.25, 0.3) is 0 Å². The Morgan fingerprint density at radius 3 is 3.04 bits per heavy atom. The summed E-state index contributed by atoms with van der Waals surface area (Å²) in [7, 11) is 1.68. The molecule has 1 aliphatic rings. The number of nitriles is 1. The summed E-state index contributed by atoms with van der Waals surface area (Å²) in [6.45, 7) is 0. The van der Waals surface area contributed by atoms with Gasteiger partial charge in [-0.25, -0.2) is 9.98 Å². The second-order valence-corrected chi connectivity index (χ2v) is 6.59. The predicted octanol–water partition coefficient (Wildman–Crippen LogP) is 1.22. The lowest BCUT2D eigenvalue weighted by molar-refractivity contribution is -0.739. The molecule has 3 rings (SSSR count). The number of nitrogens with zero attached hydrogens (tertiary/aromatic N) is 5. The molecule has 2 aromatic rings. The zero-order valence-corrected chi connectivity index (χ0v) is 14.2. The van der Waals surface area contributed by atoms with E-state index in [2.05, 4.69) is 21.3 Å². The van der Waals surface area contributed by atoms with Crippen molar-refractivity contribution in [3.05, 3.63) is 29.1 Å². The summed E-state index contributed by atoms with van der Waals surface area (Å²) in [5.74, 6) is -0.0823. The summed E-state index contributed by atoms with van der Waals surface area (Å²) in [5.41, 5.74) is 2.75. The molecule has 8 heteroatoms. The molecule has 0 N–H and O–H groups in total. The fourth-order valence-electron chi connectivity index (χ4n) is 2.63. The molecule has 0 radical (unpaired) electrons. The van der Waals surface area contributed by atoms with Crippen molar-refractivity contribution in [2.45, 2.75) is 37.1 Å². The second-order valence-electron chi connectivity index (χ2n) is 5.63. The first kappa shape index (κ1) is 16.5. The van der Waals surface area contributed by atoms with Crippen molar-refractivity contribution in [3.63, 3.8) is 0 Å². The molecule has 7 nitrogen and oxygen atoms in total. The van der Waals surface area contributed by atoms with Crippen LogP contribution in [0.3, 0.4) is 0 Å². The third kappa shape index (κ3) is 3.92. The van der Waals surface area contributed by atoms with Crippen LogP contribution in [0.5, 0.6) is 0 Å². The third-order valence-corrected chi connectivity index (χ3v) is 4.74. The molecule has 0 aliphatic heterocycles. The van der Waals surface area contributed by atoms with Gasteiger partial charge in [-0.15, -0.1) is 0 Å². The van der Waals surface area contributed by atoms with Gasteiger partial charge in [0.1, 0.15) is 11.1 Å². The van der Waals surface area contributed by atoms with Crippen LogP contribution in [0, 0.1) is 11.3 Å². The fourth-order valence-corrected chi connectivity index (χ4v) is 3.39. The van der Waals surface area contributed by atoms with Gasteiger partial charge in [0.25, 0.3) is 6.20 Å². The van der Waals surface area contributed by atoms with Crippen LogP contribution < -0.4 is 9.79 Å². The van der Waals surface area contributed by atoms with Gasteiger partial charge in [0.05, 0.1) is 5.56 Å². The Balaban J connectivity index is 1.76. The highest BCUT2D eigenvalue weighted by Crippen LogP contribution is 2.27. The summed E-state index contributed by atoms with van der Waals surface area (Å²) in [4.78, 5) is 8.47. The van der Waals surface area contributed by atoms with Crippen molar-refractivity contribution in [2.75, 3.05) is 5.75 Å². The van der Waals surface area contributed by atoms with Gasteiger partial charge < -0.3 is 5.11 Å². The first-order valence-corrected chi connectivity index (χ1v) is 8.77. The van der Waals surface area contributed by atoms with E-state index in [-0.39, 0.29) is 17.5 Å². The van der Waals surface area contributed by atoms with Gasteiger partial charge >= 0.3 is 5.88 Å². The van der Waals surface area contributed by atoms with Crippen LogP contribution >= 0.6 is 11.8 Å². The lowest BCUT2D eigenvalue weighted by Gasteiger charge is -2.12. The Bertz CT molecular complexity index is 809. The van der Waals surface area contributed by atoms with E-state index in [9.17, 15) is 10.4 Å². The largest absolute Gasteiger partial charge is 0.861 e. The maximum Gasteiger partial charge on any atom is 0.320 e. The molecule has 0 unspecified atom stereocenters. The normalized spacial score (nSPS) is 14.8. The molecule has 0 saturated heterocycles. The van der Waals surface area contributed by atoms with Crippen molar-refractivity contribution in [3.8, 4) is 6.07 Å². The van der Waals surface area contributed by atoms with Crippen molar-refractivity contribution in [1.82, 2.24) is 10.3 Å². The number of thioether (sulfide) groups is 1. The van der Waals surface area contributed by atoms with E-state index >= 15 is 0 Å². The molecule has 1 aliphatic carbocycles. The summed E-state index contributed by atoms with van der Waals surface area (Å²) < 4.78 is 6.30. The van der Waals surface area contributed by atoms with Crippen molar-refractivity contribution >= 4 is 23.5 Å². The van der Waals surface area contributed by atoms with Crippen LogP contribution in [0.15, 0.2) is 26.8 Å². The molecule has 0 bridgehead atoms. The van der Waals surface area contributed by atoms with Gasteiger partial charge in [-0.05, 0) is 43.2 Å². The molecule has 0 atom stereocenters. The summed E-state index contributed by atoms with van der Waals surface area (Å²) in [6.07, 6.45) is 6.86. The minimum Gasteiger partial charge on any atom is -0.861 e. The summed E-state index contributed by atoms with van der Waals surface area (Å²) >= 11 is 1.24. The van der Waals surface area contributed by atoms with Gasteiger partial charge in [-0.3, -0.25) is 4.52 Å². The smallest absolute Gasteiger partial charge is 0.320 e. The van der Waals surface area contributed by atoms with Crippen LogP contribution in [-0.4, -0.2) is 21.9 Å². The molecule has 0 spiro atoms. The van der Waals surface area contributed by atoms with E-state index < -0.39 is 0 Å². The first-order valence-electron chi connectivity index (χ1n) is 7.78. The Hall–Kier alpha value is -2.40. The third-order valence-electron chi connectivity index (χ3n) is 3.76. The van der Waals surface area contributed by atoms with E-state index in [4.69, 9.17) is 4.52 Å². The minimum absolute atomic E-state index is 0.102. The predicted molar refractivity (Wildman–Crippen MR) is 85.7 cm³/mol. The molecule has 0 amide bonds. The molecular weight excluding hydrogens is 326 g/mol. The Kier molecular flexibility index (Phi) is 5.11. The highest BCUT2D eigenvalue weighted by atomic mass is 32.2. The zero-order chi connectivity index (χ0) is 16.9. The topological polar surface area (TPSA) is 102 Å². The highest BCUT2D eigenvalue weighted by Gasteiger charge is 2.14. The molecule has 2 heterocycles. The van der Waals surface area contributed by atoms with Crippen LogP contribution in [-0.2, 0) is 19.9 Å². The van der Waals surface area contributed by atoms with Gasteiger partial charge in [-0.2, -0.15) is 5.26 Å². The van der Waals surface area contributed by atoms with Gasteiger partial charge in [0.2, 0.25) is 0 Å². The monoisotopic (exact) mass is 343 g/mol. The fraction of sp³-hybridized carbons (Fsp3) is 0.438. The molecule has 0 fully saturated rings. The molecule has 2 aromatic heterocycles. The molecule has 0 aromatic carbocycles. The number of hydrogen-bond acceptors (Lipinski definition) is 7. The molecule has 24 heavy (non-hydrogen) atoms. The highest BCUT2D eigenvalue weighted by molar-refractivity contribution is 7.99. The van der Waals surface area contributed by atoms with E-state index in [1.165, 1.54) is 34.6 Å². The van der Waals surface area contributed by atoms with E-state index in [0.717, 1.165) is 31.4 Å². The molecular formula is C16H17N5O2S. The van der Waals surface area contributed by atoms with Crippen molar-refractivity contribution < 1.29 is 14.3 Å². The van der Waals surface area contributed by atoms with E-state index in [0.29, 0.717) is 10.6 Å². The SMILES string of the molecule is C[n+]1cc(/N=C(\[O-])CSc2nc3c(cc2C#N)CCCCC3)on1. The van der Waals surface area contributed by atoms with Crippen molar-refractivity contribution in [1.29, 1.82) is 5.26 Å². The number of hydrogen-bond donors (Lipinski definition) is 0. The maximum atomic E-state index is 11.9. The summed E-state index contributed by atoms with van der Waals surface area (Å²) in [6, 6.07) is 4.11. The number of rotatable bonds is 4. The van der Waals surface area contributed by atoms with E-state index in [1.807, 2.05) is 6.07 Å². The maximum absolute atomic E-state index is 11.9. The number of pyridine rings is 1. The first-order chi connectivity index (χ1) is 11.7. The average molecular weight is 343 g/mol. The number of fused-ring (bicyclic) bond motifs is 1. The van der Waals surface area contributed by atoms with Crippen LogP contribution in [0.4, 0.5) is 5.88 Å². The quantitative estimate of drug-likeness (QED) is 0.272. The number of aromatic nitrogens is 3. The lowest BCUT2D eigenvalue weighted by atomic mass is 10.1. The number of aliphatic imine (C=N–C) groups is 1. The van der Waals surface area contributed by atoms with Crippen molar-refractivity contribution in [2.24, 2.45) is 12.0 Å². The van der Waals surface area contributed by atoms with Crippen LogP contribution in [0.1, 0.15) is 36.1 Å². The lowest BCUT2D eigenvalue weighted by Crippen LogP contribution is -2.27. The Morgan fingerprint density at radius 2 is 2.29 bits per heavy atom. The van der Waals surface area contributed by atoms with Gasteiger partial charge in [0, 0.05) is 11.4 Å². The standard InChI is InChI=1S/C16H17N5O2S/c1-21-9-15(23-20-21)19-14(22)10-24-16-12(8-17)7-11-5-3-2-4-6-13(11)18-16/h7,9H,2-6,10H2,1H3. The van der Waals surface area contributed by atoms with Gasteiger partial charge in [-0.1, -0.05) is 22.9 Å². The number of aryl methyl sites for hydroxylation is 3. The molecule has 0 saturated carbocycles. The summed E-state index contributed by atoms with van der Waals surface area (Å²) in [5, 5.41) is 25.5. The molecule has 124 valence electrons. The zero-order valence-electron chi connectivity index (χ0n) is 13.4. The minimum atomic E-state index is -0.350. The average Bonchev–Trinajstić information content (AvgIpc) is 2.84.